The van der Waals surface area contributed by atoms with Crippen LogP contribution in [0.1, 0.15) is 6.42 Å². The number of carbonyl (C=O) groups is 2. The van der Waals surface area contributed by atoms with Crippen LogP contribution in [0.25, 0.3) is 0 Å². The highest BCUT2D eigenvalue weighted by Crippen LogP contribution is 2.33. The SMILES string of the molecule is CNC(=O)CNC(=O)CSc1ccc2c(c1)OCCCO2. The van der Waals surface area contributed by atoms with Crippen molar-refractivity contribution in [1.29, 1.82) is 0 Å². The number of amides is 2. The van der Waals surface area contributed by atoms with E-state index in [1.807, 2.05) is 18.2 Å². The topological polar surface area (TPSA) is 76.7 Å². The molecule has 0 fully saturated rings. The molecule has 1 aromatic rings. The minimum atomic E-state index is -0.219. The van der Waals surface area contributed by atoms with Crippen LogP contribution in [0.15, 0.2) is 23.1 Å². The molecule has 2 rings (SSSR count). The molecule has 0 unspecified atom stereocenters. The Morgan fingerprint density at radius 2 is 1.95 bits per heavy atom. The molecule has 6 nitrogen and oxygen atoms in total. The van der Waals surface area contributed by atoms with Gasteiger partial charge in [0.2, 0.25) is 11.8 Å². The zero-order valence-corrected chi connectivity index (χ0v) is 12.6. The van der Waals surface area contributed by atoms with Gasteiger partial charge in [0.05, 0.1) is 25.5 Å². The smallest absolute Gasteiger partial charge is 0.239 e. The van der Waals surface area contributed by atoms with Crippen molar-refractivity contribution >= 4 is 23.6 Å². The highest BCUT2D eigenvalue weighted by molar-refractivity contribution is 8.00. The Hall–Kier alpha value is -1.89. The molecule has 0 spiro atoms. The number of benzene rings is 1. The molecular formula is C14H18N2O4S. The van der Waals surface area contributed by atoms with Gasteiger partial charge in [0.25, 0.3) is 0 Å². The van der Waals surface area contributed by atoms with Crippen LogP contribution in [-0.4, -0.2) is 44.4 Å². The van der Waals surface area contributed by atoms with Gasteiger partial charge in [-0.2, -0.15) is 0 Å². The van der Waals surface area contributed by atoms with Gasteiger partial charge < -0.3 is 20.1 Å². The minimum Gasteiger partial charge on any atom is -0.490 e. The molecule has 1 heterocycles. The maximum Gasteiger partial charge on any atom is 0.239 e. The summed E-state index contributed by atoms with van der Waals surface area (Å²) in [4.78, 5) is 23.6. The number of likely N-dealkylation sites (N-methyl/N-ethyl adjacent to an activating group) is 1. The van der Waals surface area contributed by atoms with Crippen LogP contribution >= 0.6 is 11.8 Å². The van der Waals surface area contributed by atoms with Crippen molar-refractivity contribution in [2.75, 3.05) is 32.6 Å². The van der Waals surface area contributed by atoms with E-state index in [2.05, 4.69) is 10.6 Å². The van der Waals surface area contributed by atoms with Gasteiger partial charge in [-0.05, 0) is 18.2 Å². The van der Waals surface area contributed by atoms with Gasteiger partial charge in [-0.3, -0.25) is 9.59 Å². The Bertz CT molecular complexity index is 522. The highest BCUT2D eigenvalue weighted by atomic mass is 32.2. The number of hydrogen-bond donors (Lipinski definition) is 2. The van der Waals surface area contributed by atoms with Crippen molar-refractivity contribution in [2.45, 2.75) is 11.3 Å². The highest BCUT2D eigenvalue weighted by Gasteiger charge is 2.12. The van der Waals surface area contributed by atoms with Gasteiger partial charge >= 0.3 is 0 Å². The fourth-order valence-electron chi connectivity index (χ4n) is 1.70. The van der Waals surface area contributed by atoms with E-state index in [9.17, 15) is 9.59 Å². The fraction of sp³-hybridized carbons (Fsp3) is 0.429. The van der Waals surface area contributed by atoms with Crippen molar-refractivity contribution in [1.82, 2.24) is 10.6 Å². The summed E-state index contributed by atoms with van der Waals surface area (Å²) in [5, 5.41) is 4.99. The van der Waals surface area contributed by atoms with Crippen molar-refractivity contribution in [2.24, 2.45) is 0 Å². The monoisotopic (exact) mass is 310 g/mol. The normalized spacial score (nSPS) is 13.2. The third kappa shape index (κ3) is 4.86. The molecule has 21 heavy (non-hydrogen) atoms. The van der Waals surface area contributed by atoms with Crippen LogP contribution in [0, 0.1) is 0 Å². The summed E-state index contributed by atoms with van der Waals surface area (Å²) in [5.74, 6) is 1.29. The number of rotatable bonds is 5. The predicted octanol–water partition coefficient (Wildman–Crippen LogP) is 0.802. The first-order chi connectivity index (χ1) is 10.2. The number of ether oxygens (including phenoxy) is 2. The van der Waals surface area contributed by atoms with Crippen LogP contribution in [0.5, 0.6) is 11.5 Å². The number of carbonyl (C=O) groups excluding carboxylic acids is 2. The van der Waals surface area contributed by atoms with Crippen LogP contribution < -0.4 is 20.1 Å². The van der Waals surface area contributed by atoms with Crippen molar-refractivity contribution < 1.29 is 19.1 Å². The average molecular weight is 310 g/mol. The second kappa shape index (κ2) is 7.78. The average Bonchev–Trinajstić information content (AvgIpc) is 2.75. The summed E-state index contributed by atoms with van der Waals surface area (Å²) in [6.45, 7) is 1.28. The van der Waals surface area contributed by atoms with E-state index >= 15 is 0 Å². The zero-order chi connectivity index (χ0) is 15.1. The first kappa shape index (κ1) is 15.5. The molecule has 0 saturated carbocycles. The summed E-state index contributed by atoms with van der Waals surface area (Å²) < 4.78 is 11.1. The molecular weight excluding hydrogens is 292 g/mol. The van der Waals surface area contributed by atoms with E-state index in [0.29, 0.717) is 19.0 Å². The zero-order valence-electron chi connectivity index (χ0n) is 11.8. The molecule has 1 aromatic carbocycles. The number of fused-ring (bicyclic) bond motifs is 1. The summed E-state index contributed by atoms with van der Waals surface area (Å²) in [5.41, 5.74) is 0. The first-order valence-corrected chi connectivity index (χ1v) is 7.67. The lowest BCUT2D eigenvalue weighted by Gasteiger charge is -2.09. The molecule has 0 saturated heterocycles. The molecule has 7 heteroatoms. The Kier molecular flexibility index (Phi) is 5.74. The maximum atomic E-state index is 11.6. The quantitative estimate of drug-likeness (QED) is 0.787. The Labute approximate surface area is 127 Å². The number of thioether (sulfide) groups is 1. The molecule has 0 bridgehead atoms. The largest absolute Gasteiger partial charge is 0.490 e. The van der Waals surface area contributed by atoms with Crippen LogP contribution in [-0.2, 0) is 9.59 Å². The third-order valence-electron chi connectivity index (χ3n) is 2.81. The summed E-state index contributed by atoms with van der Waals surface area (Å²) in [7, 11) is 1.53. The fourth-order valence-corrected chi connectivity index (χ4v) is 2.46. The van der Waals surface area contributed by atoms with Crippen LogP contribution in [0.3, 0.4) is 0 Å². The van der Waals surface area contributed by atoms with Crippen LogP contribution in [0.4, 0.5) is 0 Å². The standard InChI is InChI=1S/C14H18N2O4S/c1-15-13(17)8-16-14(18)9-21-10-3-4-11-12(7-10)20-6-2-5-19-11/h3-4,7H,2,5-6,8-9H2,1H3,(H,15,17)(H,16,18). The van der Waals surface area contributed by atoms with Gasteiger partial charge in [-0.25, -0.2) is 0 Å². The maximum absolute atomic E-state index is 11.6. The summed E-state index contributed by atoms with van der Waals surface area (Å²) >= 11 is 1.39. The van der Waals surface area contributed by atoms with Gasteiger partial charge in [-0.15, -0.1) is 11.8 Å². The lowest BCUT2D eigenvalue weighted by molar-refractivity contribution is -0.124. The van der Waals surface area contributed by atoms with Gasteiger partial charge in [0.1, 0.15) is 0 Å². The predicted molar refractivity (Wildman–Crippen MR) is 79.8 cm³/mol. The Morgan fingerprint density at radius 3 is 2.71 bits per heavy atom. The van der Waals surface area contributed by atoms with E-state index < -0.39 is 0 Å². The lowest BCUT2D eigenvalue weighted by atomic mass is 10.3. The van der Waals surface area contributed by atoms with E-state index in [1.54, 1.807) is 0 Å². The van der Waals surface area contributed by atoms with Crippen LogP contribution in [0.2, 0.25) is 0 Å². The molecule has 2 amide bonds. The van der Waals surface area contributed by atoms with Crippen molar-refractivity contribution in [3.05, 3.63) is 18.2 Å². The van der Waals surface area contributed by atoms with Crippen molar-refractivity contribution in [3.63, 3.8) is 0 Å². The van der Waals surface area contributed by atoms with E-state index in [-0.39, 0.29) is 24.1 Å². The van der Waals surface area contributed by atoms with E-state index in [1.165, 1.54) is 18.8 Å². The summed E-state index contributed by atoms with van der Waals surface area (Å²) in [6, 6.07) is 5.62. The van der Waals surface area contributed by atoms with E-state index in [0.717, 1.165) is 17.1 Å². The number of nitrogens with one attached hydrogen (secondary N) is 2. The van der Waals surface area contributed by atoms with Gasteiger partial charge in [-0.1, -0.05) is 0 Å². The molecule has 0 atom stereocenters. The minimum absolute atomic E-state index is 0.00294. The lowest BCUT2D eigenvalue weighted by Crippen LogP contribution is -2.35. The molecule has 2 N–H and O–H groups in total. The summed E-state index contributed by atoms with van der Waals surface area (Å²) in [6.07, 6.45) is 0.860. The Balaban J connectivity index is 1.84. The Morgan fingerprint density at radius 1 is 1.19 bits per heavy atom. The molecule has 1 aliphatic heterocycles. The molecule has 0 radical (unpaired) electrons. The first-order valence-electron chi connectivity index (χ1n) is 6.69. The van der Waals surface area contributed by atoms with Gasteiger partial charge in [0.15, 0.2) is 11.5 Å². The second-order valence-corrected chi connectivity index (χ2v) is 5.45. The third-order valence-corrected chi connectivity index (χ3v) is 3.81. The second-order valence-electron chi connectivity index (χ2n) is 4.40. The molecule has 114 valence electrons. The number of hydrogen-bond acceptors (Lipinski definition) is 5. The molecule has 0 aliphatic carbocycles. The van der Waals surface area contributed by atoms with E-state index in [4.69, 9.17) is 9.47 Å². The molecule has 0 aromatic heterocycles. The van der Waals surface area contributed by atoms with Crippen molar-refractivity contribution in [3.8, 4) is 11.5 Å². The molecule has 1 aliphatic rings. The van der Waals surface area contributed by atoms with Gasteiger partial charge in [0, 0.05) is 18.4 Å².